The molecule has 0 aromatic heterocycles. The number of sulfonamides is 1. The van der Waals surface area contributed by atoms with Gasteiger partial charge in [0.05, 0.1) is 10.6 Å². The monoisotopic (exact) mass is 391 g/mol. The minimum Gasteiger partial charge on any atom is -0.342 e. The third kappa shape index (κ3) is 4.43. The number of piperazine rings is 1. The highest BCUT2D eigenvalue weighted by Gasteiger charge is 2.22. The lowest BCUT2D eigenvalue weighted by Crippen LogP contribution is -2.48. The predicted molar refractivity (Wildman–Crippen MR) is 97.2 cm³/mol. The first-order valence-corrected chi connectivity index (χ1v) is 9.74. The molecular formula is C18H18FN3O4S. The molecular weight excluding hydrogens is 373 g/mol. The van der Waals surface area contributed by atoms with E-state index in [2.05, 4.69) is 4.72 Å². The number of carbonyl (C=O) groups excluding carboxylic acids is 2. The number of halogens is 1. The Labute approximate surface area is 156 Å². The van der Waals surface area contributed by atoms with Crippen LogP contribution < -0.4 is 4.72 Å². The second-order valence-electron chi connectivity index (χ2n) is 6.07. The molecule has 3 rings (SSSR count). The van der Waals surface area contributed by atoms with Gasteiger partial charge in [-0.05, 0) is 42.5 Å². The zero-order chi connectivity index (χ0) is 19.4. The summed E-state index contributed by atoms with van der Waals surface area (Å²) in [6, 6.07) is 10.7. The third-order valence-electron chi connectivity index (χ3n) is 4.24. The van der Waals surface area contributed by atoms with Crippen LogP contribution in [0.15, 0.2) is 53.4 Å². The standard InChI is InChI=1S/C18H18FN3O4S/c19-15-2-1-3-16(12-15)20-27(25,26)17-6-4-14(5-7-17)18(24)22-10-8-21(13-23)9-11-22/h1-7,12-13,20H,8-11H2. The molecule has 1 fully saturated rings. The van der Waals surface area contributed by atoms with Crippen LogP contribution in [0.1, 0.15) is 10.4 Å². The molecule has 1 aliphatic heterocycles. The van der Waals surface area contributed by atoms with Gasteiger partial charge in [0, 0.05) is 31.7 Å². The van der Waals surface area contributed by atoms with Gasteiger partial charge in [0.25, 0.3) is 15.9 Å². The largest absolute Gasteiger partial charge is 0.342 e. The van der Waals surface area contributed by atoms with Crippen molar-refractivity contribution in [2.45, 2.75) is 4.90 Å². The summed E-state index contributed by atoms with van der Waals surface area (Å²) in [4.78, 5) is 26.4. The molecule has 1 N–H and O–H groups in total. The first-order valence-electron chi connectivity index (χ1n) is 8.26. The van der Waals surface area contributed by atoms with Crippen LogP contribution in [0.5, 0.6) is 0 Å². The van der Waals surface area contributed by atoms with Gasteiger partial charge in [0.15, 0.2) is 0 Å². The Balaban J connectivity index is 1.71. The number of hydrogen-bond donors (Lipinski definition) is 1. The maximum absolute atomic E-state index is 13.2. The molecule has 0 bridgehead atoms. The van der Waals surface area contributed by atoms with E-state index in [0.717, 1.165) is 12.5 Å². The Kier molecular flexibility index (Phi) is 5.41. The molecule has 1 aliphatic rings. The summed E-state index contributed by atoms with van der Waals surface area (Å²) in [5.41, 5.74) is 0.475. The number of nitrogens with one attached hydrogen (secondary N) is 1. The van der Waals surface area contributed by atoms with Crippen molar-refractivity contribution < 1.29 is 22.4 Å². The van der Waals surface area contributed by atoms with E-state index in [4.69, 9.17) is 0 Å². The predicted octanol–water partition coefficient (Wildman–Crippen LogP) is 1.54. The SMILES string of the molecule is O=CN1CCN(C(=O)c2ccc(S(=O)(=O)Nc3cccc(F)c3)cc2)CC1. The van der Waals surface area contributed by atoms with Crippen molar-refractivity contribution in [1.82, 2.24) is 9.80 Å². The summed E-state index contributed by atoms with van der Waals surface area (Å²) in [5.74, 6) is -0.770. The third-order valence-corrected chi connectivity index (χ3v) is 5.64. The van der Waals surface area contributed by atoms with E-state index in [1.54, 1.807) is 9.80 Å². The summed E-state index contributed by atoms with van der Waals surface area (Å²) >= 11 is 0. The van der Waals surface area contributed by atoms with Gasteiger partial charge >= 0.3 is 0 Å². The summed E-state index contributed by atoms with van der Waals surface area (Å²) in [6.07, 6.45) is 0.757. The number of hydrogen-bond acceptors (Lipinski definition) is 4. The Morgan fingerprint density at radius 1 is 1.04 bits per heavy atom. The first-order chi connectivity index (χ1) is 12.9. The summed E-state index contributed by atoms with van der Waals surface area (Å²) in [6.45, 7) is 1.80. The van der Waals surface area contributed by atoms with Gasteiger partial charge in [-0.3, -0.25) is 14.3 Å². The molecule has 0 spiro atoms. The lowest BCUT2D eigenvalue weighted by molar-refractivity contribution is -0.119. The zero-order valence-electron chi connectivity index (χ0n) is 14.3. The quantitative estimate of drug-likeness (QED) is 0.784. The molecule has 27 heavy (non-hydrogen) atoms. The summed E-state index contributed by atoms with van der Waals surface area (Å²) < 4.78 is 40.3. The molecule has 1 heterocycles. The van der Waals surface area contributed by atoms with Gasteiger partial charge in [-0.1, -0.05) is 6.07 Å². The van der Waals surface area contributed by atoms with Crippen LogP contribution >= 0.6 is 0 Å². The highest BCUT2D eigenvalue weighted by atomic mass is 32.2. The van der Waals surface area contributed by atoms with E-state index in [0.29, 0.717) is 31.7 Å². The molecule has 0 radical (unpaired) electrons. The van der Waals surface area contributed by atoms with E-state index in [1.165, 1.54) is 42.5 Å². The van der Waals surface area contributed by atoms with Crippen LogP contribution in [0.4, 0.5) is 10.1 Å². The molecule has 0 unspecified atom stereocenters. The van der Waals surface area contributed by atoms with Crippen molar-refractivity contribution in [3.05, 3.63) is 59.9 Å². The van der Waals surface area contributed by atoms with Crippen molar-refractivity contribution in [2.75, 3.05) is 30.9 Å². The number of anilines is 1. The molecule has 2 aromatic rings. The van der Waals surface area contributed by atoms with Crippen LogP contribution in [-0.4, -0.2) is 56.7 Å². The fraction of sp³-hybridized carbons (Fsp3) is 0.222. The van der Waals surface area contributed by atoms with Crippen molar-refractivity contribution in [2.24, 2.45) is 0 Å². The Bertz CT molecular complexity index is 939. The molecule has 2 aromatic carbocycles. The second-order valence-corrected chi connectivity index (χ2v) is 7.76. The first kappa shape index (κ1) is 18.8. The van der Waals surface area contributed by atoms with Crippen molar-refractivity contribution in [1.29, 1.82) is 0 Å². The van der Waals surface area contributed by atoms with E-state index in [9.17, 15) is 22.4 Å². The number of rotatable bonds is 5. The smallest absolute Gasteiger partial charge is 0.261 e. The highest BCUT2D eigenvalue weighted by Crippen LogP contribution is 2.18. The van der Waals surface area contributed by atoms with Gasteiger partial charge < -0.3 is 9.80 Å². The van der Waals surface area contributed by atoms with Crippen molar-refractivity contribution in [3.8, 4) is 0 Å². The average Bonchev–Trinajstić information content (AvgIpc) is 2.67. The molecule has 0 aliphatic carbocycles. The number of carbonyl (C=O) groups is 2. The fourth-order valence-corrected chi connectivity index (χ4v) is 3.81. The molecule has 142 valence electrons. The van der Waals surface area contributed by atoms with Crippen LogP contribution in [-0.2, 0) is 14.8 Å². The molecule has 7 nitrogen and oxygen atoms in total. The van der Waals surface area contributed by atoms with Gasteiger partial charge in [-0.25, -0.2) is 12.8 Å². The highest BCUT2D eigenvalue weighted by molar-refractivity contribution is 7.92. The lowest BCUT2D eigenvalue weighted by Gasteiger charge is -2.32. The minimum absolute atomic E-state index is 0.0333. The van der Waals surface area contributed by atoms with Crippen LogP contribution in [0.3, 0.4) is 0 Å². The zero-order valence-corrected chi connectivity index (χ0v) is 15.2. The minimum atomic E-state index is -3.90. The van der Waals surface area contributed by atoms with Gasteiger partial charge in [-0.2, -0.15) is 0 Å². The average molecular weight is 391 g/mol. The summed E-state index contributed by atoms with van der Waals surface area (Å²) in [7, 11) is -3.90. The van der Waals surface area contributed by atoms with Crippen molar-refractivity contribution in [3.63, 3.8) is 0 Å². The van der Waals surface area contributed by atoms with Crippen molar-refractivity contribution >= 4 is 28.0 Å². The van der Waals surface area contributed by atoms with E-state index in [-0.39, 0.29) is 16.5 Å². The topological polar surface area (TPSA) is 86.8 Å². The molecule has 0 saturated carbocycles. The van der Waals surface area contributed by atoms with Crippen LogP contribution in [0, 0.1) is 5.82 Å². The van der Waals surface area contributed by atoms with E-state index in [1.807, 2.05) is 0 Å². The van der Waals surface area contributed by atoms with Gasteiger partial charge in [-0.15, -0.1) is 0 Å². The molecule has 0 atom stereocenters. The molecule has 1 saturated heterocycles. The van der Waals surface area contributed by atoms with Crippen LogP contribution in [0.25, 0.3) is 0 Å². The summed E-state index contributed by atoms with van der Waals surface area (Å²) in [5, 5.41) is 0. The van der Waals surface area contributed by atoms with E-state index < -0.39 is 15.8 Å². The Hall–Kier alpha value is -2.94. The van der Waals surface area contributed by atoms with Crippen LogP contribution in [0.2, 0.25) is 0 Å². The second kappa shape index (κ2) is 7.75. The number of amides is 2. The normalized spacial score (nSPS) is 14.7. The molecule has 2 amide bonds. The number of benzene rings is 2. The fourth-order valence-electron chi connectivity index (χ4n) is 2.76. The Morgan fingerprint density at radius 2 is 1.70 bits per heavy atom. The lowest BCUT2D eigenvalue weighted by atomic mass is 10.2. The maximum Gasteiger partial charge on any atom is 0.261 e. The van der Waals surface area contributed by atoms with Gasteiger partial charge in [0.2, 0.25) is 6.41 Å². The number of nitrogens with zero attached hydrogens (tertiary/aromatic N) is 2. The Morgan fingerprint density at radius 3 is 2.30 bits per heavy atom. The molecule has 9 heteroatoms. The maximum atomic E-state index is 13.2. The van der Waals surface area contributed by atoms with Gasteiger partial charge in [0.1, 0.15) is 5.82 Å². The van der Waals surface area contributed by atoms with E-state index >= 15 is 0 Å².